The number of aromatic amines is 1. The maximum Gasteiger partial charge on any atom is 0.408 e. The molecule has 1 aromatic carbocycles. The second-order valence-electron chi connectivity index (χ2n) is 10.3. The van der Waals surface area contributed by atoms with E-state index in [9.17, 15) is 10.1 Å². The fourth-order valence-corrected chi connectivity index (χ4v) is 5.75. The smallest absolute Gasteiger partial charge is 0.408 e. The highest BCUT2D eigenvalue weighted by atomic mass is 35.5. The van der Waals surface area contributed by atoms with Crippen LogP contribution in [0.4, 0.5) is 20.8 Å². The van der Waals surface area contributed by atoms with Crippen LogP contribution in [0.2, 0.25) is 5.15 Å². The molecule has 0 unspecified atom stereocenters. The van der Waals surface area contributed by atoms with Crippen molar-refractivity contribution in [2.24, 2.45) is 5.92 Å². The van der Waals surface area contributed by atoms with Crippen molar-refractivity contribution in [3.63, 3.8) is 0 Å². The number of rotatable bonds is 6. The Bertz CT molecular complexity index is 1630. The van der Waals surface area contributed by atoms with Crippen LogP contribution >= 0.6 is 11.6 Å². The zero-order valence-electron chi connectivity index (χ0n) is 20.4. The first kappa shape index (κ1) is 23.9. The van der Waals surface area contributed by atoms with Gasteiger partial charge in [-0.05, 0) is 37.3 Å². The molecule has 11 nitrogen and oxygen atoms in total. The first-order valence-electron chi connectivity index (χ1n) is 12.5. The molecule has 3 aliphatic carbocycles. The van der Waals surface area contributed by atoms with Crippen molar-refractivity contribution in [2.45, 2.75) is 43.2 Å². The molecule has 4 aromatic rings. The van der Waals surface area contributed by atoms with Crippen LogP contribution in [-0.4, -0.2) is 55.3 Å². The van der Waals surface area contributed by atoms with Gasteiger partial charge in [0.15, 0.2) is 29.1 Å². The van der Waals surface area contributed by atoms with Crippen molar-refractivity contribution >= 4 is 34.8 Å². The number of ether oxygens (including phenoxy) is 2. The molecule has 4 fully saturated rings. The monoisotopic (exact) mass is 548 g/mol. The summed E-state index contributed by atoms with van der Waals surface area (Å²) in [4.78, 5) is 17.0. The minimum absolute atomic E-state index is 0.0586. The molecule has 0 spiro atoms. The lowest BCUT2D eigenvalue weighted by atomic mass is 9.50. The number of anilines is 2. The largest absolute Gasteiger partial charge is 0.441 e. The first-order valence-corrected chi connectivity index (χ1v) is 12.9. The van der Waals surface area contributed by atoms with Gasteiger partial charge < -0.3 is 20.1 Å². The Morgan fingerprint density at radius 2 is 2.15 bits per heavy atom. The summed E-state index contributed by atoms with van der Waals surface area (Å²) in [7, 11) is 0. The van der Waals surface area contributed by atoms with Gasteiger partial charge in [0.05, 0.1) is 35.8 Å². The topological polar surface area (TPSA) is 142 Å². The maximum atomic E-state index is 15.2. The number of carbonyl (C=O) groups is 1. The summed E-state index contributed by atoms with van der Waals surface area (Å²) in [5.41, 5.74) is 2.60. The molecule has 3 atom stereocenters. The van der Waals surface area contributed by atoms with E-state index in [4.69, 9.17) is 26.1 Å². The summed E-state index contributed by atoms with van der Waals surface area (Å²) in [6.07, 6.45) is 0.460. The molecule has 3 saturated carbocycles. The third-order valence-corrected chi connectivity index (χ3v) is 7.80. The van der Waals surface area contributed by atoms with Crippen LogP contribution in [0, 0.1) is 17.2 Å². The van der Waals surface area contributed by atoms with Crippen LogP contribution < -0.4 is 10.6 Å². The minimum atomic E-state index is -1.56. The SMILES string of the molecule is N#Cc1cccc(-c2cn3nc(Cl)cc3c(Nc3cc([C@@H]4OC[C@H](OC(=O)NC56CC(C5)C6)[C@@H]4F)[nH]n3)n2)c1. The Labute approximate surface area is 226 Å². The maximum absolute atomic E-state index is 15.2. The summed E-state index contributed by atoms with van der Waals surface area (Å²) in [6.45, 7) is -0.0586. The molecule has 13 heteroatoms. The van der Waals surface area contributed by atoms with Crippen LogP contribution in [-0.2, 0) is 9.47 Å². The summed E-state index contributed by atoms with van der Waals surface area (Å²) >= 11 is 6.16. The molecule has 1 amide bonds. The summed E-state index contributed by atoms with van der Waals surface area (Å²) in [5.74, 6) is 1.47. The van der Waals surface area contributed by atoms with Gasteiger partial charge in [0, 0.05) is 23.2 Å². The molecule has 3 aromatic heterocycles. The molecule has 1 aliphatic heterocycles. The average Bonchev–Trinajstić information content (AvgIpc) is 3.59. The van der Waals surface area contributed by atoms with Crippen molar-refractivity contribution in [3.8, 4) is 17.3 Å². The summed E-state index contributed by atoms with van der Waals surface area (Å²) in [5, 5.41) is 26.9. The number of nitriles is 1. The molecule has 0 radical (unpaired) electrons. The van der Waals surface area contributed by atoms with Crippen molar-refractivity contribution in [3.05, 3.63) is 59.0 Å². The van der Waals surface area contributed by atoms with Gasteiger partial charge in [0.2, 0.25) is 0 Å². The number of alkyl carbamates (subject to hydrolysis) is 1. The van der Waals surface area contributed by atoms with E-state index in [-0.39, 0.29) is 17.3 Å². The quantitative estimate of drug-likeness (QED) is 0.321. The second-order valence-corrected chi connectivity index (χ2v) is 10.7. The molecular weight excluding hydrogens is 527 g/mol. The van der Waals surface area contributed by atoms with E-state index >= 15 is 4.39 Å². The van der Waals surface area contributed by atoms with Gasteiger partial charge in [0.1, 0.15) is 11.6 Å². The van der Waals surface area contributed by atoms with Gasteiger partial charge in [-0.2, -0.15) is 15.5 Å². The van der Waals surface area contributed by atoms with Gasteiger partial charge in [-0.15, -0.1) is 0 Å². The zero-order chi connectivity index (χ0) is 26.7. The van der Waals surface area contributed by atoms with Gasteiger partial charge >= 0.3 is 6.09 Å². The highest BCUT2D eigenvalue weighted by Crippen LogP contribution is 2.57. The Kier molecular flexibility index (Phi) is 5.47. The summed E-state index contributed by atoms with van der Waals surface area (Å²) < 4.78 is 27.8. The number of nitrogens with one attached hydrogen (secondary N) is 3. The first-order chi connectivity index (χ1) is 18.9. The fourth-order valence-electron chi connectivity index (χ4n) is 5.56. The van der Waals surface area contributed by atoms with Crippen molar-refractivity contribution in [1.29, 1.82) is 5.26 Å². The van der Waals surface area contributed by atoms with Gasteiger partial charge in [-0.3, -0.25) is 5.10 Å². The van der Waals surface area contributed by atoms with E-state index in [0.717, 1.165) is 24.8 Å². The minimum Gasteiger partial charge on any atom is -0.441 e. The normalized spacial score (nSPS) is 26.9. The Morgan fingerprint density at radius 1 is 1.31 bits per heavy atom. The molecule has 8 rings (SSSR count). The van der Waals surface area contributed by atoms with Crippen LogP contribution in [0.15, 0.2) is 42.6 Å². The van der Waals surface area contributed by atoms with Crippen molar-refractivity contribution in [1.82, 2.24) is 30.1 Å². The van der Waals surface area contributed by atoms with Crippen LogP contribution in [0.1, 0.15) is 36.6 Å². The molecular formula is C26H22ClFN8O3. The Balaban J connectivity index is 1.08. The summed E-state index contributed by atoms with van der Waals surface area (Å²) in [6, 6.07) is 12.4. The molecule has 2 bridgehead atoms. The highest BCUT2D eigenvalue weighted by molar-refractivity contribution is 6.29. The van der Waals surface area contributed by atoms with Gasteiger partial charge in [-0.25, -0.2) is 18.7 Å². The lowest BCUT2D eigenvalue weighted by Crippen LogP contribution is -2.68. The predicted octanol–water partition coefficient (Wildman–Crippen LogP) is 4.44. The number of benzene rings is 1. The van der Waals surface area contributed by atoms with E-state index in [1.165, 1.54) is 0 Å². The van der Waals surface area contributed by atoms with Crippen molar-refractivity contribution < 1.29 is 18.7 Å². The molecule has 39 heavy (non-hydrogen) atoms. The van der Waals surface area contributed by atoms with E-state index in [1.807, 2.05) is 6.07 Å². The zero-order valence-corrected chi connectivity index (χ0v) is 21.2. The second kappa shape index (κ2) is 8.93. The lowest BCUT2D eigenvalue weighted by Gasteiger charge is -2.61. The molecule has 1 saturated heterocycles. The Hall–Kier alpha value is -4.21. The van der Waals surface area contributed by atoms with E-state index in [1.54, 1.807) is 41.0 Å². The molecule has 3 N–H and O–H groups in total. The van der Waals surface area contributed by atoms with Crippen molar-refractivity contribution in [2.75, 3.05) is 11.9 Å². The number of nitrogens with zero attached hydrogens (tertiary/aromatic N) is 5. The number of H-pyrrole nitrogens is 1. The number of carbonyl (C=O) groups excluding carboxylic acids is 1. The fraction of sp³-hybridized carbons (Fsp3) is 0.346. The van der Waals surface area contributed by atoms with Gasteiger partial charge in [-0.1, -0.05) is 23.7 Å². The third-order valence-electron chi connectivity index (χ3n) is 7.61. The number of fused-ring (bicyclic) bond motifs is 1. The highest BCUT2D eigenvalue weighted by Gasteiger charge is 2.58. The number of halogens is 2. The van der Waals surface area contributed by atoms with Crippen LogP contribution in [0.5, 0.6) is 0 Å². The number of aromatic nitrogens is 5. The Morgan fingerprint density at radius 3 is 2.92 bits per heavy atom. The third kappa shape index (κ3) is 4.24. The molecule has 4 aliphatic rings. The number of hydrogen-bond donors (Lipinski definition) is 3. The van der Waals surface area contributed by atoms with E-state index < -0.39 is 24.5 Å². The molecule has 4 heterocycles. The van der Waals surface area contributed by atoms with E-state index in [0.29, 0.717) is 40.0 Å². The predicted molar refractivity (Wildman–Crippen MR) is 137 cm³/mol. The number of hydrogen-bond acceptors (Lipinski definition) is 8. The number of amides is 1. The van der Waals surface area contributed by atoms with E-state index in [2.05, 4.69) is 32.0 Å². The lowest BCUT2D eigenvalue weighted by molar-refractivity contribution is -0.0528. The standard InChI is InChI=1S/C26H22ClFN8O3/c27-20-6-18-24(30-17(11-36(18)35-20)15-3-1-2-13(4-15)10-29)31-21-5-16(33-34-21)23-22(28)19(12-38-23)39-25(37)32-26-7-14(8-26)9-26/h1-6,11,14,19,22-23H,7-9,12H2,(H,32,37)(H2,30,31,33,34)/t14?,19-,22-,23-,26?/m0/s1. The van der Waals surface area contributed by atoms with Crippen LogP contribution in [0.25, 0.3) is 16.8 Å². The average molecular weight is 549 g/mol. The van der Waals surface area contributed by atoms with Gasteiger partial charge in [0.25, 0.3) is 0 Å². The molecule has 198 valence electrons. The number of alkyl halides is 1. The van der Waals surface area contributed by atoms with Crippen LogP contribution in [0.3, 0.4) is 0 Å².